The van der Waals surface area contributed by atoms with Crippen molar-refractivity contribution in [1.82, 2.24) is 5.32 Å². The van der Waals surface area contributed by atoms with Gasteiger partial charge in [-0.3, -0.25) is 0 Å². The number of hydrogen-bond acceptors (Lipinski definition) is 6. The molecular weight excluding hydrogens is 324 g/mol. The third-order valence-corrected chi connectivity index (χ3v) is 2.88. The Balaban J connectivity index is 2.73. The summed E-state index contributed by atoms with van der Waals surface area (Å²) >= 11 is 0. The molecule has 1 rings (SSSR count). The first-order valence-electron chi connectivity index (χ1n) is 8.18. The molecule has 1 amide bonds. The van der Waals surface area contributed by atoms with Crippen LogP contribution in [0.4, 0.5) is 10.5 Å². The molecule has 7 heteroatoms. The van der Waals surface area contributed by atoms with Crippen molar-refractivity contribution in [2.45, 2.75) is 52.4 Å². The number of alkyl carbamates (subject to hydrolysis) is 1. The number of ether oxygens (including phenoxy) is 3. The van der Waals surface area contributed by atoms with Gasteiger partial charge in [0, 0.05) is 11.8 Å². The van der Waals surface area contributed by atoms with Crippen molar-refractivity contribution in [3.8, 4) is 5.75 Å². The molecule has 0 saturated carbocycles. The van der Waals surface area contributed by atoms with Crippen LogP contribution in [0.5, 0.6) is 5.75 Å². The zero-order valence-electron chi connectivity index (χ0n) is 15.7. The van der Waals surface area contributed by atoms with Crippen LogP contribution in [0.15, 0.2) is 24.3 Å². The Hall–Kier alpha value is -2.44. The van der Waals surface area contributed by atoms with E-state index >= 15 is 0 Å². The van der Waals surface area contributed by atoms with Gasteiger partial charge in [0.05, 0.1) is 19.8 Å². The summed E-state index contributed by atoms with van der Waals surface area (Å²) in [6, 6.07) is 6.47. The molecule has 25 heavy (non-hydrogen) atoms. The van der Waals surface area contributed by atoms with Crippen molar-refractivity contribution in [1.29, 1.82) is 0 Å². The summed E-state index contributed by atoms with van der Waals surface area (Å²) in [7, 11) is 1.29. The van der Waals surface area contributed by atoms with Gasteiger partial charge in [0.15, 0.2) is 0 Å². The Kier molecular flexibility index (Phi) is 7.54. The number of nitrogens with one attached hydrogen (secondary N) is 2. The molecule has 0 aliphatic carbocycles. The topological polar surface area (TPSA) is 85.9 Å². The molecule has 0 aliphatic heterocycles. The zero-order chi connectivity index (χ0) is 19.0. The number of amides is 1. The lowest BCUT2D eigenvalue weighted by Crippen LogP contribution is -2.43. The van der Waals surface area contributed by atoms with E-state index in [4.69, 9.17) is 14.2 Å². The van der Waals surface area contributed by atoms with Crippen LogP contribution in [0.3, 0.4) is 0 Å². The molecule has 1 atom stereocenters. The number of esters is 1. The Morgan fingerprint density at radius 1 is 1.20 bits per heavy atom. The van der Waals surface area contributed by atoms with Crippen molar-refractivity contribution in [3.63, 3.8) is 0 Å². The molecule has 1 aromatic carbocycles. The first kappa shape index (κ1) is 20.6. The maximum absolute atomic E-state index is 12.0. The highest BCUT2D eigenvalue weighted by molar-refractivity contribution is 5.80. The van der Waals surface area contributed by atoms with Gasteiger partial charge >= 0.3 is 12.1 Å². The minimum absolute atomic E-state index is 0.0247. The number of anilines is 1. The Bertz CT molecular complexity index is 581. The lowest BCUT2D eigenvalue weighted by Gasteiger charge is -2.22. The fourth-order valence-corrected chi connectivity index (χ4v) is 1.97. The van der Waals surface area contributed by atoms with Crippen LogP contribution in [0.25, 0.3) is 0 Å². The van der Waals surface area contributed by atoms with Crippen LogP contribution in [0, 0.1) is 0 Å². The quantitative estimate of drug-likeness (QED) is 0.734. The van der Waals surface area contributed by atoms with E-state index in [1.54, 1.807) is 32.9 Å². The molecule has 0 aliphatic rings. The molecule has 0 fully saturated rings. The third-order valence-electron chi connectivity index (χ3n) is 2.88. The van der Waals surface area contributed by atoms with Gasteiger partial charge in [0.25, 0.3) is 0 Å². The molecule has 0 spiro atoms. The summed E-state index contributed by atoms with van der Waals surface area (Å²) in [4.78, 5) is 23.7. The largest absolute Gasteiger partial charge is 0.491 e. The lowest BCUT2D eigenvalue weighted by molar-refractivity contribution is -0.141. The van der Waals surface area contributed by atoms with Crippen molar-refractivity contribution in [3.05, 3.63) is 24.3 Å². The average molecular weight is 352 g/mol. The Morgan fingerprint density at radius 3 is 2.44 bits per heavy atom. The molecule has 140 valence electrons. The average Bonchev–Trinajstić information content (AvgIpc) is 2.48. The zero-order valence-corrected chi connectivity index (χ0v) is 15.7. The number of carbonyl (C=O) groups is 2. The monoisotopic (exact) mass is 352 g/mol. The molecule has 0 bridgehead atoms. The molecule has 0 radical (unpaired) electrons. The smallest absolute Gasteiger partial charge is 0.407 e. The Labute approximate surface area is 149 Å². The standard InChI is InChI=1S/C18H28N2O5/c1-12(2)24-14-9-7-8-13(10-14)20-15(16(21)23-6)11-19-17(22)25-18(3,4)5/h7-10,12,15,20H,11H2,1-6H3,(H,19,22)/t15-/m0/s1. The molecule has 0 saturated heterocycles. The normalized spacial score (nSPS) is 12.3. The van der Waals surface area contributed by atoms with Crippen LogP contribution in [-0.4, -0.2) is 43.5 Å². The van der Waals surface area contributed by atoms with Crippen LogP contribution in [0.1, 0.15) is 34.6 Å². The Morgan fingerprint density at radius 2 is 1.88 bits per heavy atom. The molecular formula is C18H28N2O5. The van der Waals surface area contributed by atoms with Crippen molar-refractivity contribution in [2.24, 2.45) is 0 Å². The molecule has 1 aromatic rings. The predicted octanol–water partition coefficient (Wildman–Crippen LogP) is 2.95. The second kappa shape index (κ2) is 9.15. The number of methoxy groups -OCH3 is 1. The maximum atomic E-state index is 12.0. The molecule has 0 aromatic heterocycles. The van der Waals surface area contributed by atoms with Gasteiger partial charge in [-0.05, 0) is 46.8 Å². The van der Waals surface area contributed by atoms with Gasteiger partial charge in [0.1, 0.15) is 17.4 Å². The van der Waals surface area contributed by atoms with Crippen molar-refractivity contribution < 1.29 is 23.8 Å². The van der Waals surface area contributed by atoms with Gasteiger partial charge in [-0.25, -0.2) is 9.59 Å². The lowest BCUT2D eigenvalue weighted by atomic mass is 10.2. The van der Waals surface area contributed by atoms with Crippen LogP contribution < -0.4 is 15.4 Å². The maximum Gasteiger partial charge on any atom is 0.407 e. The minimum Gasteiger partial charge on any atom is -0.491 e. The fraction of sp³-hybridized carbons (Fsp3) is 0.556. The second-order valence-electron chi connectivity index (χ2n) is 6.80. The van der Waals surface area contributed by atoms with Gasteiger partial charge in [-0.2, -0.15) is 0 Å². The molecule has 2 N–H and O–H groups in total. The summed E-state index contributed by atoms with van der Waals surface area (Å²) in [5, 5.41) is 5.60. The minimum atomic E-state index is -0.758. The SMILES string of the molecule is COC(=O)[C@H](CNC(=O)OC(C)(C)C)Nc1cccc(OC(C)C)c1. The van der Waals surface area contributed by atoms with E-state index in [9.17, 15) is 9.59 Å². The van der Waals surface area contributed by atoms with Gasteiger partial charge in [0.2, 0.25) is 0 Å². The highest BCUT2D eigenvalue weighted by Gasteiger charge is 2.22. The third kappa shape index (κ3) is 8.28. The summed E-state index contributed by atoms with van der Waals surface area (Å²) < 4.78 is 15.6. The first-order chi connectivity index (χ1) is 11.6. The summed E-state index contributed by atoms with van der Waals surface area (Å²) in [5.41, 5.74) is 0.0698. The first-order valence-corrected chi connectivity index (χ1v) is 8.18. The van der Waals surface area contributed by atoms with E-state index in [0.717, 1.165) is 0 Å². The highest BCUT2D eigenvalue weighted by Crippen LogP contribution is 2.19. The molecule has 0 unspecified atom stereocenters. The number of carbonyl (C=O) groups excluding carboxylic acids is 2. The molecule has 0 heterocycles. The predicted molar refractivity (Wildman–Crippen MR) is 95.9 cm³/mol. The summed E-state index contributed by atoms with van der Waals surface area (Å²) in [6.07, 6.45) is -0.555. The highest BCUT2D eigenvalue weighted by atomic mass is 16.6. The fourth-order valence-electron chi connectivity index (χ4n) is 1.97. The molecule has 7 nitrogen and oxygen atoms in total. The summed E-state index contributed by atoms with van der Waals surface area (Å²) in [6.45, 7) is 9.19. The summed E-state index contributed by atoms with van der Waals surface area (Å²) in [5.74, 6) is 0.190. The van der Waals surface area contributed by atoms with E-state index in [-0.39, 0.29) is 12.6 Å². The van der Waals surface area contributed by atoms with Crippen molar-refractivity contribution in [2.75, 3.05) is 19.0 Å². The van der Waals surface area contributed by atoms with E-state index in [1.807, 2.05) is 26.0 Å². The number of benzene rings is 1. The van der Waals surface area contributed by atoms with E-state index in [0.29, 0.717) is 11.4 Å². The van der Waals surface area contributed by atoms with E-state index in [2.05, 4.69) is 10.6 Å². The van der Waals surface area contributed by atoms with E-state index in [1.165, 1.54) is 7.11 Å². The van der Waals surface area contributed by atoms with Gasteiger partial charge < -0.3 is 24.8 Å². The van der Waals surface area contributed by atoms with Crippen LogP contribution in [-0.2, 0) is 14.3 Å². The van der Waals surface area contributed by atoms with Crippen molar-refractivity contribution >= 4 is 17.7 Å². The van der Waals surface area contributed by atoms with Gasteiger partial charge in [-0.15, -0.1) is 0 Å². The van der Waals surface area contributed by atoms with E-state index < -0.39 is 23.7 Å². The van der Waals surface area contributed by atoms with Crippen LogP contribution in [0.2, 0.25) is 0 Å². The second-order valence-corrected chi connectivity index (χ2v) is 6.80. The van der Waals surface area contributed by atoms with Crippen LogP contribution >= 0.6 is 0 Å². The number of rotatable bonds is 7. The number of hydrogen-bond donors (Lipinski definition) is 2. The van der Waals surface area contributed by atoms with Gasteiger partial charge in [-0.1, -0.05) is 6.07 Å².